The first-order chi connectivity index (χ1) is 7.83. The molecule has 94 valence electrons. The molecule has 1 unspecified atom stereocenters. The van der Waals surface area contributed by atoms with E-state index in [1.54, 1.807) is 0 Å². The first kappa shape index (κ1) is 12.4. The van der Waals surface area contributed by atoms with Crippen molar-refractivity contribution in [3.05, 3.63) is 0 Å². The number of hydrogen-bond donors (Lipinski definition) is 1. The second-order valence-corrected chi connectivity index (χ2v) is 6.03. The van der Waals surface area contributed by atoms with E-state index in [1.807, 2.05) is 0 Å². The van der Waals surface area contributed by atoms with Gasteiger partial charge in [0.25, 0.3) is 0 Å². The van der Waals surface area contributed by atoms with Crippen LogP contribution in [0, 0.1) is 11.8 Å². The predicted molar refractivity (Wildman–Crippen MR) is 70.6 cm³/mol. The van der Waals surface area contributed by atoms with Gasteiger partial charge in [-0.2, -0.15) is 0 Å². The summed E-state index contributed by atoms with van der Waals surface area (Å²) >= 11 is 0. The van der Waals surface area contributed by atoms with E-state index in [0.29, 0.717) is 0 Å². The lowest BCUT2D eigenvalue weighted by Gasteiger charge is -2.32. The van der Waals surface area contributed by atoms with Crippen LogP contribution in [0.25, 0.3) is 0 Å². The minimum atomic E-state index is 0.840. The van der Waals surface area contributed by atoms with Gasteiger partial charge in [0.05, 0.1) is 0 Å². The normalized spacial score (nSPS) is 32.6. The Bertz CT molecular complexity index is 190. The van der Waals surface area contributed by atoms with E-state index in [-0.39, 0.29) is 0 Å². The van der Waals surface area contributed by atoms with Crippen LogP contribution in [0.4, 0.5) is 0 Å². The Labute approximate surface area is 101 Å². The zero-order valence-corrected chi connectivity index (χ0v) is 11.2. The van der Waals surface area contributed by atoms with Crippen LogP contribution in [-0.4, -0.2) is 12.1 Å². The lowest BCUT2D eigenvalue weighted by atomic mass is 9.83. The Morgan fingerprint density at radius 2 is 1.69 bits per heavy atom. The Morgan fingerprint density at radius 3 is 2.19 bits per heavy atom. The fraction of sp³-hybridized carbons (Fsp3) is 1.00. The fourth-order valence-corrected chi connectivity index (χ4v) is 3.41. The van der Waals surface area contributed by atoms with E-state index in [4.69, 9.17) is 0 Å². The summed E-state index contributed by atoms with van der Waals surface area (Å²) in [5.41, 5.74) is 0. The topological polar surface area (TPSA) is 12.0 Å². The summed E-state index contributed by atoms with van der Waals surface area (Å²) in [7, 11) is 0. The molecule has 0 radical (unpaired) electrons. The maximum Gasteiger partial charge on any atom is 0.00952 e. The molecule has 0 bridgehead atoms. The molecule has 0 aromatic rings. The molecule has 0 aromatic carbocycles. The highest BCUT2D eigenvalue weighted by molar-refractivity contribution is 4.89. The number of nitrogens with one attached hydrogen (secondary N) is 1. The fourth-order valence-electron chi connectivity index (χ4n) is 3.41. The van der Waals surface area contributed by atoms with Crippen molar-refractivity contribution in [3.8, 4) is 0 Å². The van der Waals surface area contributed by atoms with Crippen LogP contribution in [0.1, 0.15) is 71.6 Å². The van der Waals surface area contributed by atoms with E-state index >= 15 is 0 Å². The van der Waals surface area contributed by atoms with E-state index in [1.165, 1.54) is 57.8 Å². The first-order valence-electron chi connectivity index (χ1n) is 7.59. The van der Waals surface area contributed by atoms with Crippen molar-refractivity contribution in [2.45, 2.75) is 83.7 Å². The highest BCUT2D eigenvalue weighted by atomic mass is 15.0. The molecule has 1 N–H and O–H groups in total. The molecule has 0 heterocycles. The average molecular weight is 223 g/mol. The molecule has 2 aliphatic carbocycles. The molecule has 2 aliphatic rings. The third-order valence-electron chi connectivity index (χ3n) is 4.62. The van der Waals surface area contributed by atoms with Gasteiger partial charge in [0.2, 0.25) is 0 Å². The van der Waals surface area contributed by atoms with Crippen molar-refractivity contribution >= 4 is 0 Å². The minimum absolute atomic E-state index is 0.840. The lowest BCUT2D eigenvalue weighted by molar-refractivity contribution is 0.253. The number of rotatable bonds is 6. The molecule has 0 saturated heterocycles. The molecule has 2 saturated carbocycles. The first-order valence-corrected chi connectivity index (χ1v) is 7.59. The standard InChI is InChI=1S/C15H29N/c1-3-5-12-6-10-14(11-7-12)16-15(4-2)13-8-9-13/h12-16H,3-11H2,1-2H3. The van der Waals surface area contributed by atoms with E-state index in [9.17, 15) is 0 Å². The molecule has 0 aliphatic heterocycles. The molecule has 0 amide bonds. The zero-order chi connectivity index (χ0) is 11.4. The van der Waals surface area contributed by atoms with Crippen LogP contribution < -0.4 is 5.32 Å². The lowest BCUT2D eigenvalue weighted by Crippen LogP contribution is -2.41. The van der Waals surface area contributed by atoms with Crippen molar-refractivity contribution in [1.82, 2.24) is 5.32 Å². The molecule has 2 rings (SSSR count). The molecule has 1 atom stereocenters. The van der Waals surface area contributed by atoms with Crippen LogP contribution >= 0.6 is 0 Å². The maximum atomic E-state index is 3.93. The monoisotopic (exact) mass is 223 g/mol. The summed E-state index contributed by atoms with van der Waals surface area (Å²) in [6, 6.07) is 1.69. The second kappa shape index (κ2) is 6.05. The summed E-state index contributed by atoms with van der Waals surface area (Å²) in [6.07, 6.45) is 13.0. The van der Waals surface area contributed by atoms with Gasteiger partial charge in [-0.05, 0) is 56.8 Å². The third kappa shape index (κ3) is 3.48. The number of hydrogen-bond acceptors (Lipinski definition) is 1. The maximum absolute atomic E-state index is 3.93. The van der Waals surface area contributed by atoms with Gasteiger partial charge in [-0.1, -0.05) is 26.7 Å². The van der Waals surface area contributed by atoms with Gasteiger partial charge in [0, 0.05) is 12.1 Å². The van der Waals surface area contributed by atoms with Crippen molar-refractivity contribution in [3.63, 3.8) is 0 Å². The molecule has 2 fully saturated rings. The van der Waals surface area contributed by atoms with E-state index in [2.05, 4.69) is 19.2 Å². The third-order valence-corrected chi connectivity index (χ3v) is 4.62. The second-order valence-electron chi connectivity index (χ2n) is 6.03. The Kier molecular flexibility index (Phi) is 4.69. The van der Waals surface area contributed by atoms with Crippen molar-refractivity contribution in [2.75, 3.05) is 0 Å². The van der Waals surface area contributed by atoms with Crippen LogP contribution in [0.2, 0.25) is 0 Å². The average Bonchev–Trinajstić information content (AvgIpc) is 3.12. The molecule has 16 heavy (non-hydrogen) atoms. The Balaban J connectivity index is 1.67. The summed E-state index contributed by atoms with van der Waals surface area (Å²) in [4.78, 5) is 0. The highest BCUT2D eigenvalue weighted by Crippen LogP contribution is 2.35. The highest BCUT2D eigenvalue weighted by Gasteiger charge is 2.32. The summed E-state index contributed by atoms with van der Waals surface area (Å²) in [5, 5.41) is 3.93. The van der Waals surface area contributed by atoms with Crippen LogP contribution in [0.3, 0.4) is 0 Å². The predicted octanol–water partition coefficient (Wildman–Crippen LogP) is 4.12. The SMILES string of the molecule is CCCC1CCC(NC(CC)C2CC2)CC1. The quantitative estimate of drug-likeness (QED) is 0.714. The summed E-state index contributed by atoms with van der Waals surface area (Å²) in [6.45, 7) is 4.67. The van der Waals surface area contributed by atoms with Crippen molar-refractivity contribution in [1.29, 1.82) is 0 Å². The van der Waals surface area contributed by atoms with Gasteiger partial charge in [0.1, 0.15) is 0 Å². The van der Waals surface area contributed by atoms with Gasteiger partial charge < -0.3 is 5.32 Å². The Hall–Kier alpha value is -0.0400. The van der Waals surface area contributed by atoms with E-state index < -0.39 is 0 Å². The van der Waals surface area contributed by atoms with Crippen molar-refractivity contribution in [2.24, 2.45) is 11.8 Å². The minimum Gasteiger partial charge on any atom is -0.311 e. The molecule has 1 heteroatoms. The Morgan fingerprint density at radius 1 is 1.00 bits per heavy atom. The largest absolute Gasteiger partial charge is 0.311 e. The zero-order valence-electron chi connectivity index (χ0n) is 11.2. The van der Waals surface area contributed by atoms with Gasteiger partial charge in [-0.15, -0.1) is 0 Å². The van der Waals surface area contributed by atoms with Gasteiger partial charge >= 0.3 is 0 Å². The van der Waals surface area contributed by atoms with Crippen LogP contribution in [0.15, 0.2) is 0 Å². The van der Waals surface area contributed by atoms with Gasteiger partial charge in [-0.25, -0.2) is 0 Å². The molecular weight excluding hydrogens is 194 g/mol. The summed E-state index contributed by atoms with van der Waals surface area (Å²) in [5.74, 6) is 2.07. The van der Waals surface area contributed by atoms with E-state index in [0.717, 1.165) is 23.9 Å². The molecule has 1 nitrogen and oxygen atoms in total. The van der Waals surface area contributed by atoms with Gasteiger partial charge in [0.15, 0.2) is 0 Å². The summed E-state index contributed by atoms with van der Waals surface area (Å²) < 4.78 is 0. The smallest absolute Gasteiger partial charge is 0.00952 e. The molecule has 0 spiro atoms. The molecular formula is C15H29N. The van der Waals surface area contributed by atoms with Crippen LogP contribution in [-0.2, 0) is 0 Å². The van der Waals surface area contributed by atoms with Crippen molar-refractivity contribution < 1.29 is 0 Å². The van der Waals surface area contributed by atoms with Crippen LogP contribution in [0.5, 0.6) is 0 Å². The molecule has 0 aromatic heterocycles. The van der Waals surface area contributed by atoms with Gasteiger partial charge in [-0.3, -0.25) is 0 Å².